The van der Waals surface area contributed by atoms with Crippen LogP contribution < -0.4 is 0 Å². The van der Waals surface area contributed by atoms with Crippen molar-refractivity contribution >= 4 is 104 Å². The fourth-order valence-electron chi connectivity index (χ4n) is 15.7. The molecule has 4 nitrogen and oxygen atoms in total. The largest absolute Gasteiger partial charge is 0.309 e. The van der Waals surface area contributed by atoms with Crippen LogP contribution in [-0.2, 0) is 0 Å². The minimum absolute atomic E-state index is 1.13. The third kappa shape index (κ3) is 8.00. The van der Waals surface area contributed by atoms with E-state index in [0.29, 0.717) is 0 Å². The van der Waals surface area contributed by atoms with Crippen molar-refractivity contribution in [2.75, 3.05) is 0 Å². The van der Waals surface area contributed by atoms with E-state index < -0.39 is 0 Å². The highest BCUT2D eigenvalue weighted by Crippen LogP contribution is 2.45. The summed E-state index contributed by atoms with van der Waals surface area (Å²) >= 11 is 0. The van der Waals surface area contributed by atoms with E-state index in [1.54, 1.807) is 0 Å². The van der Waals surface area contributed by atoms with Gasteiger partial charge in [0.05, 0.1) is 49.7 Å². The average Bonchev–Trinajstić information content (AvgIpc) is 1.55. The van der Waals surface area contributed by atoms with Crippen LogP contribution in [0.1, 0.15) is 0 Å². The third-order valence-electron chi connectivity index (χ3n) is 20.1. The molecule has 0 N–H and O–H groups in total. The molecule has 0 fully saturated rings. The van der Waals surface area contributed by atoms with Crippen LogP contribution in [0, 0.1) is 0 Å². The van der Waals surface area contributed by atoms with Gasteiger partial charge in [-0.25, -0.2) is 0 Å². The molecule has 0 aliphatic heterocycles. The molecule has 20 rings (SSSR count). The van der Waals surface area contributed by atoms with Gasteiger partial charge in [-0.3, -0.25) is 0 Å². The molecule has 0 saturated carbocycles. The monoisotopic (exact) mass is 1190 g/mol. The van der Waals surface area contributed by atoms with E-state index in [-0.39, 0.29) is 0 Å². The Labute approximate surface area is 541 Å². The zero-order valence-corrected chi connectivity index (χ0v) is 51.1. The van der Waals surface area contributed by atoms with Gasteiger partial charge in [0.25, 0.3) is 0 Å². The Kier molecular flexibility index (Phi) is 11.4. The molecule has 0 saturated heterocycles. The summed E-state index contributed by atoms with van der Waals surface area (Å²) in [5.41, 5.74) is 28.7. The Bertz CT molecular complexity index is 6450. The quantitative estimate of drug-likeness (QED) is 0.137. The fourth-order valence-corrected chi connectivity index (χ4v) is 15.7. The molecule has 0 spiro atoms. The van der Waals surface area contributed by atoms with Gasteiger partial charge >= 0.3 is 0 Å². The first-order valence-electron chi connectivity index (χ1n) is 32.5. The van der Waals surface area contributed by atoms with Crippen molar-refractivity contribution in [1.29, 1.82) is 0 Å². The number of para-hydroxylation sites is 5. The van der Waals surface area contributed by atoms with E-state index >= 15 is 0 Å². The predicted molar refractivity (Wildman–Crippen MR) is 397 cm³/mol. The molecule has 94 heavy (non-hydrogen) atoms. The van der Waals surface area contributed by atoms with Crippen molar-refractivity contribution < 1.29 is 0 Å². The average molecular weight is 1190 g/mol. The Morgan fingerprint density at radius 1 is 0.138 bits per heavy atom. The Morgan fingerprint density at radius 2 is 0.415 bits per heavy atom. The molecule has 0 radical (unpaired) electrons. The normalized spacial score (nSPS) is 12.0. The van der Waals surface area contributed by atoms with Crippen molar-refractivity contribution in [3.63, 3.8) is 0 Å². The first-order chi connectivity index (χ1) is 46.6. The molecule has 20 aromatic rings. The summed E-state index contributed by atoms with van der Waals surface area (Å²) in [6.07, 6.45) is 0. The highest BCUT2D eigenvalue weighted by atomic mass is 15.0. The van der Waals surface area contributed by atoms with Crippen LogP contribution in [0.5, 0.6) is 0 Å². The van der Waals surface area contributed by atoms with E-state index in [9.17, 15) is 0 Å². The number of hydrogen-bond donors (Lipinski definition) is 0. The molecular weight excluding hydrogens is 1140 g/mol. The number of rotatable bonds is 9. The number of fused-ring (bicyclic) bond motifs is 15. The summed E-state index contributed by atoms with van der Waals surface area (Å²) in [5.74, 6) is 0. The number of benzene rings is 15. The van der Waals surface area contributed by atoms with E-state index in [1.165, 1.54) is 176 Å². The van der Waals surface area contributed by atoms with Gasteiger partial charge in [-0.1, -0.05) is 218 Å². The summed E-state index contributed by atoms with van der Waals surface area (Å²) in [4.78, 5) is 0. The minimum Gasteiger partial charge on any atom is -0.309 e. The van der Waals surface area contributed by atoms with Crippen LogP contribution in [0.15, 0.2) is 340 Å². The van der Waals surface area contributed by atoms with Crippen LogP contribution >= 0.6 is 0 Å². The van der Waals surface area contributed by atoms with Crippen LogP contribution in [0.25, 0.3) is 187 Å². The molecule has 5 heterocycles. The van der Waals surface area contributed by atoms with Crippen molar-refractivity contribution in [3.05, 3.63) is 340 Å². The first kappa shape index (κ1) is 52.3. The van der Waals surface area contributed by atoms with Gasteiger partial charge in [0.1, 0.15) is 0 Å². The molecule has 4 heteroatoms. The number of nitrogens with zero attached hydrogens (tertiary/aromatic N) is 4. The Morgan fingerprint density at radius 3 is 0.915 bits per heavy atom. The molecule has 0 aliphatic rings. The molecule has 15 aromatic carbocycles. The second-order valence-corrected chi connectivity index (χ2v) is 25.2. The van der Waals surface area contributed by atoms with Crippen molar-refractivity contribution in [2.24, 2.45) is 0 Å². The van der Waals surface area contributed by atoms with E-state index in [2.05, 4.69) is 358 Å². The maximum absolute atomic E-state index is 2.49. The molecule has 0 aliphatic carbocycles. The van der Waals surface area contributed by atoms with Gasteiger partial charge in [-0.05, 0) is 188 Å². The standard InChI is InChI=1S/C90H56N4/c1-3-17-57(18-4-1)58-35-37-59(38-36-58)60-19-13-20-61(49-60)62-21-14-22-63(50-62)65-41-46-88-79(54-65)75-30-16-31-76-80-55-66(42-47-89(80)94(88)90(75)76)64-23-15-26-70(51-64)92-84-34-12-9-29-74(84)81-56-71(43-48-87(81)92)93-83-33-11-8-28-73(83)78-53-68(40-45-86(78)93)67-39-44-85-77(52-67)72-27-7-10-32-82(72)91(85)69-24-5-2-6-25-69/h1-56H. The minimum atomic E-state index is 1.13. The van der Waals surface area contributed by atoms with E-state index in [0.717, 1.165) is 11.4 Å². The van der Waals surface area contributed by atoms with E-state index in [4.69, 9.17) is 0 Å². The molecule has 0 unspecified atom stereocenters. The zero-order chi connectivity index (χ0) is 61.5. The van der Waals surface area contributed by atoms with Gasteiger partial charge in [0, 0.05) is 70.9 Å². The van der Waals surface area contributed by atoms with E-state index in [1.807, 2.05) is 0 Å². The van der Waals surface area contributed by atoms with Crippen molar-refractivity contribution in [1.82, 2.24) is 18.1 Å². The van der Waals surface area contributed by atoms with Gasteiger partial charge in [-0.15, -0.1) is 0 Å². The second kappa shape index (κ2) is 20.5. The SMILES string of the molecule is c1ccc(-c2ccc(-c3cccc(-c4cccc(-c5ccc6c(c5)c5cccc7c8cc(-c9cccc(-n%10c%11ccccc%11c%11cc(-n%12c%13ccccc%13c%13cc(-c%14ccc%15c(c%14)c%14ccccc%14n%15-c%14ccccc%14)ccc%13%12)ccc%11%10)c9)ccc8n6c57)c4)c3)cc2)cc1. The topological polar surface area (TPSA) is 19.2 Å². The van der Waals surface area contributed by atoms with Crippen molar-refractivity contribution in [2.45, 2.75) is 0 Å². The lowest BCUT2D eigenvalue weighted by molar-refractivity contribution is 1.17. The van der Waals surface area contributed by atoms with Gasteiger partial charge < -0.3 is 18.1 Å². The summed E-state index contributed by atoms with van der Waals surface area (Å²) in [7, 11) is 0. The van der Waals surface area contributed by atoms with Crippen LogP contribution in [0.3, 0.4) is 0 Å². The predicted octanol–water partition coefficient (Wildman–Crippen LogP) is 24.1. The Hall–Kier alpha value is -12.5. The van der Waals surface area contributed by atoms with Gasteiger partial charge in [0.15, 0.2) is 0 Å². The summed E-state index contributed by atoms with van der Waals surface area (Å²) in [6, 6.07) is 126. The second-order valence-electron chi connectivity index (χ2n) is 25.2. The molecule has 5 aromatic heterocycles. The van der Waals surface area contributed by atoms with Crippen LogP contribution in [0.2, 0.25) is 0 Å². The molecule has 0 amide bonds. The lowest BCUT2D eigenvalue weighted by Gasteiger charge is -2.12. The molecule has 0 atom stereocenters. The lowest BCUT2D eigenvalue weighted by Crippen LogP contribution is -1.96. The maximum atomic E-state index is 2.49. The summed E-state index contributed by atoms with van der Waals surface area (Å²) in [6.45, 7) is 0. The smallest absolute Gasteiger partial charge is 0.0620 e. The molecule has 436 valence electrons. The third-order valence-corrected chi connectivity index (χ3v) is 20.1. The maximum Gasteiger partial charge on any atom is 0.0620 e. The molecule has 0 bridgehead atoms. The highest BCUT2D eigenvalue weighted by Gasteiger charge is 2.22. The van der Waals surface area contributed by atoms with Crippen molar-refractivity contribution in [3.8, 4) is 83.8 Å². The number of hydrogen-bond acceptors (Lipinski definition) is 0. The van der Waals surface area contributed by atoms with Crippen LogP contribution in [0.4, 0.5) is 0 Å². The lowest BCUT2D eigenvalue weighted by atomic mass is 9.95. The fraction of sp³-hybridized carbons (Fsp3) is 0. The first-order valence-corrected chi connectivity index (χ1v) is 32.5. The zero-order valence-electron chi connectivity index (χ0n) is 51.1. The Balaban J connectivity index is 0.630. The highest BCUT2D eigenvalue weighted by molar-refractivity contribution is 6.24. The molecular formula is C90H56N4. The van der Waals surface area contributed by atoms with Crippen LogP contribution in [-0.4, -0.2) is 18.1 Å². The summed E-state index contributed by atoms with van der Waals surface area (Å²) < 4.78 is 9.78. The van der Waals surface area contributed by atoms with Gasteiger partial charge in [0.2, 0.25) is 0 Å². The summed E-state index contributed by atoms with van der Waals surface area (Å²) in [5, 5.41) is 12.5. The number of aromatic nitrogens is 4. The van der Waals surface area contributed by atoms with Gasteiger partial charge in [-0.2, -0.15) is 0 Å².